The van der Waals surface area contributed by atoms with Gasteiger partial charge in [0, 0.05) is 0 Å². The zero-order chi connectivity index (χ0) is 11.3. The van der Waals surface area contributed by atoms with Gasteiger partial charge in [-0.05, 0) is 20.8 Å². The summed E-state index contributed by atoms with van der Waals surface area (Å²) in [5.41, 5.74) is 2.50. The van der Waals surface area contributed by atoms with Crippen LogP contribution in [0.15, 0.2) is 36.0 Å². The lowest BCUT2D eigenvalue weighted by molar-refractivity contribution is 1.42. The maximum atomic E-state index is 3.65. The minimum Gasteiger partial charge on any atom is -0.0988 e. The molecule has 0 radical (unpaired) electrons. The molecule has 0 aromatic rings. The molecule has 0 amide bonds. The SMILES string of the molecule is C=C/C(C)=C\C(C)=C/C.CC.CC. The van der Waals surface area contributed by atoms with Gasteiger partial charge in [-0.2, -0.15) is 0 Å². The van der Waals surface area contributed by atoms with Gasteiger partial charge in [-0.1, -0.05) is 63.6 Å². The molecule has 0 aliphatic heterocycles. The zero-order valence-corrected chi connectivity index (χ0v) is 10.4. The van der Waals surface area contributed by atoms with Crippen molar-refractivity contribution in [3.05, 3.63) is 36.0 Å². The third-order valence-corrected chi connectivity index (χ3v) is 1.23. The predicted octanol–water partition coefficient (Wildman–Crippen LogP) is 5.14. The molecule has 0 heteroatoms. The molecule has 0 atom stereocenters. The topological polar surface area (TPSA) is 0 Å². The molecule has 0 saturated heterocycles. The van der Waals surface area contributed by atoms with Crippen LogP contribution < -0.4 is 0 Å². The van der Waals surface area contributed by atoms with Gasteiger partial charge in [0.25, 0.3) is 0 Å². The highest BCUT2D eigenvalue weighted by Gasteiger charge is 1.79. The Balaban J connectivity index is -0.000000218. The molecule has 0 aromatic carbocycles. The molecule has 0 unspecified atom stereocenters. The molecule has 0 fully saturated rings. The molecule has 13 heavy (non-hydrogen) atoms. The van der Waals surface area contributed by atoms with Crippen LogP contribution in [0, 0.1) is 0 Å². The van der Waals surface area contributed by atoms with Gasteiger partial charge < -0.3 is 0 Å². The molecular formula is C13H26. The lowest BCUT2D eigenvalue weighted by Gasteiger charge is -1.90. The van der Waals surface area contributed by atoms with Gasteiger partial charge in [0.15, 0.2) is 0 Å². The molecular weight excluding hydrogens is 156 g/mol. The van der Waals surface area contributed by atoms with Crippen molar-refractivity contribution in [3.63, 3.8) is 0 Å². The normalized spacial score (nSPS) is 10.4. The molecule has 78 valence electrons. The van der Waals surface area contributed by atoms with E-state index in [-0.39, 0.29) is 0 Å². The van der Waals surface area contributed by atoms with Crippen molar-refractivity contribution in [1.82, 2.24) is 0 Å². The average molecular weight is 182 g/mol. The summed E-state index contributed by atoms with van der Waals surface area (Å²) in [6, 6.07) is 0. The smallest absolute Gasteiger partial charge is 0.0398 e. The first-order valence-corrected chi connectivity index (χ1v) is 5.14. The largest absolute Gasteiger partial charge is 0.0988 e. The molecule has 0 aliphatic carbocycles. The van der Waals surface area contributed by atoms with E-state index in [2.05, 4.69) is 25.7 Å². The fourth-order valence-corrected chi connectivity index (χ4v) is 0.501. The van der Waals surface area contributed by atoms with Gasteiger partial charge in [0.2, 0.25) is 0 Å². The summed E-state index contributed by atoms with van der Waals surface area (Å²) >= 11 is 0. The van der Waals surface area contributed by atoms with Crippen LogP contribution in [-0.2, 0) is 0 Å². The first kappa shape index (κ1) is 18.1. The van der Waals surface area contributed by atoms with Crippen LogP contribution in [0.2, 0.25) is 0 Å². The van der Waals surface area contributed by atoms with Crippen molar-refractivity contribution in [1.29, 1.82) is 0 Å². The Labute approximate surface area is 85.1 Å². The van der Waals surface area contributed by atoms with E-state index >= 15 is 0 Å². The molecule has 0 nitrogen and oxygen atoms in total. The summed E-state index contributed by atoms with van der Waals surface area (Å²) in [7, 11) is 0. The first-order chi connectivity index (χ1) is 6.20. The van der Waals surface area contributed by atoms with E-state index in [0.29, 0.717) is 0 Å². The lowest BCUT2D eigenvalue weighted by Crippen LogP contribution is -1.69. The van der Waals surface area contributed by atoms with Crippen molar-refractivity contribution in [2.24, 2.45) is 0 Å². The minimum atomic E-state index is 1.21. The average Bonchev–Trinajstić information content (AvgIpc) is 2.23. The summed E-state index contributed by atoms with van der Waals surface area (Å²) in [5, 5.41) is 0. The van der Waals surface area contributed by atoms with E-state index in [0.717, 1.165) is 0 Å². The van der Waals surface area contributed by atoms with E-state index < -0.39 is 0 Å². The Bertz CT molecular complexity index is 147. The van der Waals surface area contributed by atoms with Crippen LogP contribution >= 0.6 is 0 Å². The molecule has 0 saturated carbocycles. The second-order valence-electron chi connectivity index (χ2n) is 2.13. The number of allylic oxidation sites excluding steroid dienone is 5. The van der Waals surface area contributed by atoms with Crippen LogP contribution in [-0.4, -0.2) is 0 Å². The summed E-state index contributed by atoms with van der Waals surface area (Å²) in [6.45, 7) is 17.8. The molecule has 0 spiro atoms. The van der Waals surface area contributed by atoms with Crippen LogP contribution in [0.25, 0.3) is 0 Å². The second kappa shape index (κ2) is 17.3. The molecule has 0 bridgehead atoms. The van der Waals surface area contributed by atoms with E-state index in [9.17, 15) is 0 Å². The number of hydrogen-bond acceptors (Lipinski definition) is 0. The maximum absolute atomic E-state index is 3.65. The Morgan fingerprint density at radius 3 is 1.54 bits per heavy atom. The van der Waals surface area contributed by atoms with Crippen molar-refractivity contribution >= 4 is 0 Å². The van der Waals surface area contributed by atoms with E-state index in [1.54, 1.807) is 0 Å². The molecule has 0 heterocycles. The van der Waals surface area contributed by atoms with Gasteiger partial charge >= 0.3 is 0 Å². The van der Waals surface area contributed by atoms with Gasteiger partial charge in [-0.15, -0.1) is 0 Å². The van der Waals surface area contributed by atoms with Crippen molar-refractivity contribution < 1.29 is 0 Å². The standard InChI is InChI=1S/C9H14.2C2H6/c1-5-8(3)7-9(4)6-2;2*1-2/h5-7H,1H2,2-4H3;2*1-2H3/b8-7-,9-6-;;. The number of rotatable bonds is 2. The fourth-order valence-electron chi connectivity index (χ4n) is 0.501. The Morgan fingerprint density at radius 1 is 0.923 bits per heavy atom. The summed E-state index contributed by atoms with van der Waals surface area (Å²) in [4.78, 5) is 0. The minimum absolute atomic E-state index is 1.21. The molecule has 0 rings (SSSR count). The Kier molecular flexibility index (Phi) is 24.1. The summed E-state index contributed by atoms with van der Waals surface area (Å²) in [6.07, 6.45) is 6.03. The van der Waals surface area contributed by atoms with E-state index in [1.807, 2.05) is 47.6 Å². The lowest BCUT2D eigenvalue weighted by atomic mass is 10.2. The van der Waals surface area contributed by atoms with Crippen LogP contribution in [0.3, 0.4) is 0 Å². The predicted molar refractivity (Wildman–Crippen MR) is 66.1 cm³/mol. The summed E-state index contributed by atoms with van der Waals surface area (Å²) < 4.78 is 0. The third-order valence-electron chi connectivity index (χ3n) is 1.23. The van der Waals surface area contributed by atoms with Gasteiger partial charge in [-0.25, -0.2) is 0 Å². The maximum Gasteiger partial charge on any atom is -0.0398 e. The van der Waals surface area contributed by atoms with Crippen molar-refractivity contribution in [3.8, 4) is 0 Å². The summed E-state index contributed by atoms with van der Waals surface area (Å²) in [5.74, 6) is 0. The third kappa shape index (κ3) is 18.3. The van der Waals surface area contributed by atoms with Crippen molar-refractivity contribution in [2.75, 3.05) is 0 Å². The monoisotopic (exact) mass is 182 g/mol. The first-order valence-electron chi connectivity index (χ1n) is 5.14. The number of hydrogen-bond donors (Lipinski definition) is 0. The highest BCUT2D eigenvalue weighted by Crippen LogP contribution is 2.00. The highest BCUT2D eigenvalue weighted by atomic mass is 13.9. The Morgan fingerprint density at radius 2 is 1.31 bits per heavy atom. The molecule has 0 N–H and O–H groups in total. The van der Waals surface area contributed by atoms with E-state index in [4.69, 9.17) is 0 Å². The highest BCUT2D eigenvalue weighted by molar-refractivity contribution is 5.25. The quantitative estimate of drug-likeness (QED) is 0.519. The Hall–Kier alpha value is -0.780. The zero-order valence-electron chi connectivity index (χ0n) is 10.4. The van der Waals surface area contributed by atoms with Gasteiger partial charge in [-0.3, -0.25) is 0 Å². The van der Waals surface area contributed by atoms with Gasteiger partial charge in [0.05, 0.1) is 0 Å². The molecule has 0 aromatic heterocycles. The second-order valence-corrected chi connectivity index (χ2v) is 2.13. The van der Waals surface area contributed by atoms with E-state index in [1.165, 1.54) is 11.1 Å². The van der Waals surface area contributed by atoms with Crippen molar-refractivity contribution in [2.45, 2.75) is 48.5 Å². The molecule has 0 aliphatic rings. The van der Waals surface area contributed by atoms with Crippen LogP contribution in [0.4, 0.5) is 0 Å². The van der Waals surface area contributed by atoms with Crippen LogP contribution in [0.1, 0.15) is 48.5 Å². The fraction of sp³-hybridized carbons (Fsp3) is 0.538. The van der Waals surface area contributed by atoms with Crippen LogP contribution in [0.5, 0.6) is 0 Å². The van der Waals surface area contributed by atoms with Gasteiger partial charge in [0.1, 0.15) is 0 Å².